The van der Waals surface area contributed by atoms with Crippen LogP contribution in [0.3, 0.4) is 0 Å². The van der Waals surface area contributed by atoms with Crippen molar-refractivity contribution in [3.63, 3.8) is 0 Å². The number of nitrogens with one attached hydrogen (secondary N) is 1. The molecule has 1 amide bonds. The number of phosphoric ester groups is 1. The van der Waals surface area contributed by atoms with E-state index in [1.807, 2.05) is 27.2 Å². The largest absolute Gasteiger partial charge is 0.756 e. The molecular weight excluding hydrogens is 900 g/mol. The molecule has 2 N–H and O–H groups in total. The van der Waals surface area contributed by atoms with Gasteiger partial charge < -0.3 is 28.8 Å². The van der Waals surface area contributed by atoms with Crippen molar-refractivity contribution in [2.75, 3.05) is 40.9 Å². The number of unbranched alkanes of at least 4 members (excludes halogenated alkanes) is 37. The Bertz CT molecular complexity index is 1290. The van der Waals surface area contributed by atoms with Crippen molar-refractivity contribution in [1.82, 2.24) is 5.32 Å². The number of aliphatic hydroxyl groups is 1. The van der Waals surface area contributed by atoms with Crippen molar-refractivity contribution < 1.29 is 32.9 Å². The van der Waals surface area contributed by atoms with Crippen LogP contribution in [0.25, 0.3) is 0 Å². The van der Waals surface area contributed by atoms with Crippen LogP contribution in [-0.4, -0.2) is 68.5 Å². The van der Waals surface area contributed by atoms with Crippen LogP contribution >= 0.6 is 7.82 Å². The Kier molecular flexibility index (Phi) is 52.1. The van der Waals surface area contributed by atoms with Gasteiger partial charge in [0.1, 0.15) is 13.2 Å². The molecule has 0 fully saturated rings. The molecule has 8 nitrogen and oxygen atoms in total. The second kappa shape index (κ2) is 53.3. The summed E-state index contributed by atoms with van der Waals surface area (Å²) in [4.78, 5) is 25.5. The predicted octanol–water partition coefficient (Wildman–Crippen LogP) is 18.1. The van der Waals surface area contributed by atoms with E-state index >= 15 is 0 Å². The van der Waals surface area contributed by atoms with Crippen molar-refractivity contribution in [3.8, 4) is 0 Å². The monoisotopic (exact) mass is 1020 g/mol. The molecule has 0 aliphatic heterocycles. The average molecular weight is 1020 g/mol. The third kappa shape index (κ3) is 56.0. The molecule has 0 radical (unpaired) electrons. The van der Waals surface area contributed by atoms with E-state index in [1.54, 1.807) is 6.08 Å². The number of hydrogen-bond donors (Lipinski definition) is 2. The summed E-state index contributed by atoms with van der Waals surface area (Å²) in [5.41, 5.74) is 0. The lowest BCUT2D eigenvalue weighted by molar-refractivity contribution is -0.870. The zero-order valence-corrected chi connectivity index (χ0v) is 48.6. The molecule has 0 aliphatic rings. The highest BCUT2D eigenvalue weighted by Crippen LogP contribution is 2.38. The fourth-order valence-corrected chi connectivity index (χ4v) is 9.67. The molecule has 0 heterocycles. The molecule has 9 heteroatoms. The third-order valence-electron chi connectivity index (χ3n) is 13.7. The molecule has 3 atom stereocenters. The zero-order valence-electron chi connectivity index (χ0n) is 47.7. The Hall–Kier alpha value is -1.54. The van der Waals surface area contributed by atoms with Gasteiger partial charge in [-0.05, 0) is 70.6 Å². The van der Waals surface area contributed by atoms with Crippen LogP contribution in [0.2, 0.25) is 0 Å². The van der Waals surface area contributed by atoms with Gasteiger partial charge in [0.2, 0.25) is 5.91 Å². The minimum Gasteiger partial charge on any atom is -0.756 e. The molecule has 0 rings (SSSR count). The van der Waals surface area contributed by atoms with Gasteiger partial charge in [-0.2, -0.15) is 0 Å². The zero-order chi connectivity index (χ0) is 52.0. The second-order valence-corrected chi connectivity index (χ2v) is 23.4. The van der Waals surface area contributed by atoms with E-state index in [4.69, 9.17) is 9.05 Å². The first kappa shape index (κ1) is 69.5. The lowest BCUT2D eigenvalue weighted by atomic mass is 10.0. The molecule has 418 valence electrons. The van der Waals surface area contributed by atoms with Gasteiger partial charge in [0.15, 0.2) is 0 Å². The Morgan fingerprint density at radius 2 is 0.789 bits per heavy atom. The Balaban J connectivity index is 4.09. The minimum atomic E-state index is -4.61. The van der Waals surface area contributed by atoms with Crippen molar-refractivity contribution in [2.45, 2.75) is 302 Å². The minimum absolute atomic E-state index is 0.00873. The van der Waals surface area contributed by atoms with Crippen molar-refractivity contribution in [1.29, 1.82) is 0 Å². The fraction of sp³-hybridized carbons (Fsp3) is 0.855. The van der Waals surface area contributed by atoms with Crippen LogP contribution in [0.5, 0.6) is 0 Å². The van der Waals surface area contributed by atoms with Gasteiger partial charge in [-0.1, -0.05) is 262 Å². The Morgan fingerprint density at radius 1 is 0.479 bits per heavy atom. The van der Waals surface area contributed by atoms with Crippen LogP contribution in [-0.2, 0) is 18.4 Å². The van der Waals surface area contributed by atoms with Gasteiger partial charge in [-0.3, -0.25) is 9.36 Å². The molecule has 0 aromatic heterocycles. The number of nitrogens with zero attached hydrogens (tertiary/aromatic N) is 1. The highest BCUT2D eigenvalue weighted by atomic mass is 31.2. The molecule has 0 bridgehead atoms. The maximum absolute atomic E-state index is 13.0. The average Bonchev–Trinajstić information content (AvgIpc) is 3.33. The smallest absolute Gasteiger partial charge is 0.268 e. The maximum atomic E-state index is 13.0. The summed E-state index contributed by atoms with van der Waals surface area (Å²) in [5.74, 6) is -0.208. The standard InChI is InChI=1S/C62H119N2O6P/c1-6-8-10-12-14-16-18-20-22-24-25-26-27-28-29-30-31-32-33-34-35-36-37-38-40-42-44-46-48-50-52-54-56-62(66)63-60(59-70-71(67,68)69-58-57-64(3,4)5)61(65)55-53-51-49-47-45-43-41-39-23-21-19-17-15-13-11-9-7-2/h23,28-29,39,45,47,53,55,60-61,65H,6-22,24-27,30-38,40-44,46,48-52,54,56-59H2,1-5H3,(H-,63,66,67,68)/b29-28-,39-23+,47-45+,55-53+. The van der Waals surface area contributed by atoms with Gasteiger partial charge in [0, 0.05) is 6.42 Å². The molecule has 0 aliphatic carbocycles. The van der Waals surface area contributed by atoms with Gasteiger partial charge in [-0.25, -0.2) is 0 Å². The van der Waals surface area contributed by atoms with Crippen LogP contribution in [0, 0.1) is 0 Å². The quantitative estimate of drug-likeness (QED) is 0.0272. The summed E-state index contributed by atoms with van der Waals surface area (Å²) in [6, 6.07) is -0.910. The van der Waals surface area contributed by atoms with Crippen molar-refractivity contribution in [2.24, 2.45) is 0 Å². The van der Waals surface area contributed by atoms with Crippen LogP contribution in [0.15, 0.2) is 48.6 Å². The molecule has 0 aromatic carbocycles. The Labute approximate surface area is 441 Å². The molecule has 0 aromatic rings. The number of aliphatic hydroxyl groups excluding tert-OH is 1. The highest BCUT2D eigenvalue weighted by molar-refractivity contribution is 7.45. The lowest BCUT2D eigenvalue weighted by Gasteiger charge is -2.29. The molecule has 0 spiro atoms. The van der Waals surface area contributed by atoms with E-state index in [2.05, 4.69) is 55.6 Å². The van der Waals surface area contributed by atoms with E-state index in [1.165, 1.54) is 225 Å². The first-order valence-electron chi connectivity index (χ1n) is 30.5. The van der Waals surface area contributed by atoms with E-state index < -0.39 is 26.6 Å². The van der Waals surface area contributed by atoms with Crippen LogP contribution in [0.1, 0.15) is 290 Å². The summed E-state index contributed by atoms with van der Waals surface area (Å²) in [5, 5.41) is 13.9. The Morgan fingerprint density at radius 3 is 1.14 bits per heavy atom. The van der Waals surface area contributed by atoms with Gasteiger partial charge in [0.05, 0.1) is 39.9 Å². The molecular formula is C62H119N2O6P. The van der Waals surface area contributed by atoms with Crippen molar-refractivity contribution >= 4 is 13.7 Å². The second-order valence-electron chi connectivity index (χ2n) is 22.0. The topological polar surface area (TPSA) is 108 Å². The molecule has 0 saturated heterocycles. The number of allylic oxidation sites excluding steroid dienone is 7. The summed E-state index contributed by atoms with van der Waals surface area (Å²) < 4.78 is 23.3. The maximum Gasteiger partial charge on any atom is 0.268 e. The molecule has 0 saturated carbocycles. The predicted molar refractivity (Wildman–Crippen MR) is 307 cm³/mol. The summed E-state index contributed by atoms with van der Waals surface area (Å²) in [6.45, 7) is 4.64. The van der Waals surface area contributed by atoms with E-state index in [9.17, 15) is 19.4 Å². The summed E-state index contributed by atoms with van der Waals surface area (Å²) >= 11 is 0. The number of carbonyl (C=O) groups excluding carboxylic acids is 1. The first-order chi connectivity index (χ1) is 34.5. The third-order valence-corrected chi connectivity index (χ3v) is 14.7. The van der Waals surface area contributed by atoms with E-state index in [0.717, 1.165) is 44.9 Å². The normalized spacial score (nSPS) is 14.2. The number of rotatable bonds is 56. The number of hydrogen-bond acceptors (Lipinski definition) is 6. The van der Waals surface area contributed by atoms with E-state index in [0.29, 0.717) is 17.4 Å². The van der Waals surface area contributed by atoms with E-state index in [-0.39, 0.29) is 12.5 Å². The molecule has 71 heavy (non-hydrogen) atoms. The lowest BCUT2D eigenvalue weighted by Crippen LogP contribution is -2.45. The number of amides is 1. The number of likely N-dealkylation sites (N-methyl/N-ethyl adjacent to an activating group) is 1. The van der Waals surface area contributed by atoms with Crippen molar-refractivity contribution in [3.05, 3.63) is 48.6 Å². The number of phosphoric acid groups is 1. The fourth-order valence-electron chi connectivity index (χ4n) is 8.95. The van der Waals surface area contributed by atoms with Crippen LogP contribution < -0.4 is 10.2 Å². The molecule has 3 unspecified atom stereocenters. The SMILES string of the molecule is CCCCCCCCC/C=C/CC/C=C/CC/C=C/C(O)C(COP(=O)([O-])OCC[N+](C)(C)C)NC(=O)CCCCCCCCCCCCCCCCCC/C=C\CCCCCCCCCCCCCC. The van der Waals surface area contributed by atoms with Crippen LogP contribution in [0.4, 0.5) is 0 Å². The summed E-state index contributed by atoms with van der Waals surface area (Å²) in [7, 11) is 1.24. The summed E-state index contributed by atoms with van der Waals surface area (Å²) in [6.07, 6.45) is 70.7. The first-order valence-corrected chi connectivity index (χ1v) is 32.0. The van der Waals surface area contributed by atoms with Gasteiger partial charge >= 0.3 is 0 Å². The van der Waals surface area contributed by atoms with Gasteiger partial charge in [-0.15, -0.1) is 0 Å². The van der Waals surface area contributed by atoms with Gasteiger partial charge in [0.25, 0.3) is 7.82 Å². The number of quaternary nitrogens is 1. The highest BCUT2D eigenvalue weighted by Gasteiger charge is 2.23. The number of carbonyl (C=O) groups is 1.